The number of unbranched alkanes of at least 4 members (excludes halogenated alkanes) is 6. The lowest BCUT2D eigenvalue weighted by molar-refractivity contribution is -0.308. The van der Waals surface area contributed by atoms with E-state index in [1.54, 1.807) is 0 Å². The van der Waals surface area contributed by atoms with E-state index in [4.69, 9.17) is 0 Å². The normalized spacial score (nSPS) is 11.7. The van der Waals surface area contributed by atoms with Gasteiger partial charge in [-0.05, 0) is 31.2 Å². The first-order valence-electron chi connectivity index (χ1n) is 8.78. The van der Waals surface area contributed by atoms with E-state index in [-0.39, 0.29) is 12.3 Å². The molecule has 4 heteroatoms. The Bertz CT molecular complexity index is 499. The minimum Gasteiger partial charge on any atom is -0.548 e. The van der Waals surface area contributed by atoms with Gasteiger partial charge in [-0.15, -0.1) is 6.58 Å². The van der Waals surface area contributed by atoms with Crippen LogP contribution in [0.2, 0.25) is 0 Å². The summed E-state index contributed by atoms with van der Waals surface area (Å²) in [6.07, 6.45) is 10.1. The van der Waals surface area contributed by atoms with Gasteiger partial charge in [-0.25, -0.2) is 0 Å². The molecular weight excluding hydrogens is 302 g/mol. The van der Waals surface area contributed by atoms with Gasteiger partial charge in [0.05, 0.1) is 12.0 Å². The summed E-state index contributed by atoms with van der Waals surface area (Å²) in [5.74, 6) is -1.46. The second kappa shape index (κ2) is 12.3. The fourth-order valence-electron chi connectivity index (χ4n) is 2.59. The fourth-order valence-corrected chi connectivity index (χ4v) is 2.59. The number of carbonyl (C=O) groups is 2. The standard InChI is InChI=1S/C20H29NO3/c1-2-3-4-5-6-7-8-12-15-19(22)21-18(20(23)24)16-17-13-10-9-11-14-17/h2,9-11,13-14,18H,1,3-8,12,15-16H2,(H,21,22)(H,23,24)/p-1/t18-/m0/s1. The summed E-state index contributed by atoms with van der Waals surface area (Å²) in [5.41, 5.74) is 0.867. The molecule has 0 unspecified atom stereocenters. The smallest absolute Gasteiger partial charge is 0.220 e. The van der Waals surface area contributed by atoms with E-state index in [2.05, 4.69) is 11.9 Å². The highest BCUT2D eigenvalue weighted by atomic mass is 16.4. The molecule has 0 aliphatic carbocycles. The Kier molecular flexibility index (Phi) is 10.3. The summed E-state index contributed by atoms with van der Waals surface area (Å²) in [7, 11) is 0. The van der Waals surface area contributed by atoms with E-state index >= 15 is 0 Å². The van der Waals surface area contributed by atoms with Gasteiger partial charge in [0.15, 0.2) is 0 Å². The van der Waals surface area contributed by atoms with E-state index in [1.165, 1.54) is 19.3 Å². The average Bonchev–Trinajstić information content (AvgIpc) is 2.57. The van der Waals surface area contributed by atoms with Crippen molar-refractivity contribution in [3.8, 4) is 0 Å². The third-order valence-corrected chi connectivity index (χ3v) is 3.96. The number of carboxylic acids is 1. The molecule has 1 atom stereocenters. The number of carbonyl (C=O) groups excluding carboxylic acids is 2. The van der Waals surface area contributed by atoms with Crippen molar-refractivity contribution in [3.05, 3.63) is 48.6 Å². The summed E-state index contributed by atoms with van der Waals surface area (Å²) in [6.45, 7) is 3.70. The summed E-state index contributed by atoms with van der Waals surface area (Å²) in [6, 6.07) is 8.27. The highest BCUT2D eigenvalue weighted by molar-refractivity contribution is 5.82. The molecule has 0 aliphatic rings. The molecule has 132 valence electrons. The molecule has 0 saturated heterocycles. The molecule has 0 radical (unpaired) electrons. The largest absolute Gasteiger partial charge is 0.548 e. The van der Waals surface area contributed by atoms with Crippen molar-refractivity contribution >= 4 is 11.9 Å². The van der Waals surface area contributed by atoms with Gasteiger partial charge in [-0.2, -0.15) is 0 Å². The Hall–Kier alpha value is -2.10. The molecule has 0 fully saturated rings. The van der Waals surface area contributed by atoms with Crippen LogP contribution < -0.4 is 10.4 Å². The lowest BCUT2D eigenvalue weighted by Crippen LogP contribution is -2.49. The van der Waals surface area contributed by atoms with Crippen molar-refractivity contribution in [2.24, 2.45) is 0 Å². The minimum atomic E-state index is -1.24. The zero-order chi connectivity index (χ0) is 17.6. The van der Waals surface area contributed by atoms with Gasteiger partial charge in [0.2, 0.25) is 5.91 Å². The zero-order valence-corrected chi connectivity index (χ0v) is 14.3. The van der Waals surface area contributed by atoms with E-state index in [0.29, 0.717) is 6.42 Å². The molecule has 0 bridgehead atoms. The predicted molar refractivity (Wildman–Crippen MR) is 94.2 cm³/mol. The molecule has 0 aromatic heterocycles. The number of allylic oxidation sites excluding steroid dienone is 1. The van der Waals surface area contributed by atoms with E-state index < -0.39 is 12.0 Å². The Labute approximate surface area is 145 Å². The number of carboxylic acid groups (broad SMARTS) is 1. The third-order valence-electron chi connectivity index (χ3n) is 3.96. The maximum atomic E-state index is 11.9. The first kappa shape index (κ1) is 19.9. The number of rotatable bonds is 13. The SMILES string of the molecule is C=CCCCCCCCCC(=O)N[C@@H](Cc1ccccc1)C(=O)[O-]. The quantitative estimate of drug-likeness (QED) is 0.447. The molecule has 24 heavy (non-hydrogen) atoms. The maximum absolute atomic E-state index is 11.9. The molecule has 1 aromatic rings. The summed E-state index contributed by atoms with van der Waals surface area (Å²) in [5, 5.41) is 13.8. The molecule has 0 saturated carbocycles. The van der Waals surface area contributed by atoms with Crippen LogP contribution in [0.3, 0.4) is 0 Å². The molecule has 1 N–H and O–H groups in total. The average molecular weight is 330 g/mol. The molecule has 1 amide bonds. The summed E-state index contributed by atoms with van der Waals surface area (Å²) < 4.78 is 0. The molecule has 1 rings (SSSR count). The lowest BCUT2D eigenvalue weighted by Gasteiger charge is -2.20. The van der Waals surface area contributed by atoms with Crippen molar-refractivity contribution in [3.63, 3.8) is 0 Å². The van der Waals surface area contributed by atoms with Crippen molar-refractivity contribution in [1.82, 2.24) is 5.32 Å². The zero-order valence-electron chi connectivity index (χ0n) is 14.3. The van der Waals surface area contributed by atoms with Crippen molar-refractivity contribution in [2.75, 3.05) is 0 Å². The third kappa shape index (κ3) is 9.13. The summed E-state index contributed by atoms with van der Waals surface area (Å²) >= 11 is 0. The predicted octanol–water partition coefficient (Wildman–Crippen LogP) is 2.77. The highest BCUT2D eigenvalue weighted by Gasteiger charge is 2.13. The van der Waals surface area contributed by atoms with Crippen LogP contribution in [0.15, 0.2) is 43.0 Å². The lowest BCUT2D eigenvalue weighted by atomic mass is 10.1. The Morgan fingerprint density at radius 3 is 2.29 bits per heavy atom. The van der Waals surface area contributed by atoms with Crippen LogP contribution in [0.25, 0.3) is 0 Å². The van der Waals surface area contributed by atoms with Gasteiger partial charge >= 0.3 is 0 Å². The van der Waals surface area contributed by atoms with Crippen LogP contribution in [-0.4, -0.2) is 17.9 Å². The van der Waals surface area contributed by atoms with Gasteiger partial charge in [0, 0.05) is 6.42 Å². The van der Waals surface area contributed by atoms with Crippen LogP contribution in [-0.2, 0) is 16.0 Å². The first-order valence-corrected chi connectivity index (χ1v) is 8.78. The first-order chi connectivity index (χ1) is 11.6. The maximum Gasteiger partial charge on any atom is 0.220 e. The van der Waals surface area contributed by atoms with Gasteiger partial charge in [0.1, 0.15) is 0 Å². The van der Waals surface area contributed by atoms with Crippen molar-refractivity contribution < 1.29 is 14.7 Å². The van der Waals surface area contributed by atoms with Crippen LogP contribution >= 0.6 is 0 Å². The molecular formula is C20H28NO3-. The van der Waals surface area contributed by atoms with E-state index in [1.807, 2.05) is 36.4 Å². The van der Waals surface area contributed by atoms with Crippen LogP contribution in [0.5, 0.6) is 0 Å². The minimum absolute atomic E-state index is 0.216. The molecule has 0 spiro atoms. The highest BCUT2D eigenvalue weighted by Crippen LogP contribution is 2.09. The summed E-state index contributed by atoms with van der Waals surface area (Å²) in [4.78, 5) is 23.1. The number of nitrogens with one attached hydrogen (secondary N) is 1. The van der Waals surface area contributed by atoms with Crippen LogP contribution in [0.1, 0.15) is 56.9 Å². The Morgan fingerprint density at radius 2 is 1.67 bits per heavy atom. The topological polar surface area (TPSA) is 69.2 Å². The van der Waals surface area contributed by atoms with E-state index in [0.717, 1.165) is 31.2 Å². The van der Waals surface area contributed by atoms with Gasteiger partial charge in [-0.1, -0.05) is 62.1 Å². The Morgan fingerprint density at radius 1 is 1.04 bits per heavy atom. The molecule has 0 aliphatic heterocycles. The monoisotopic (exact) mass is 330 g/mol. The molecule has 0 heterocycles. The number of amides is 1. The van der Waals surface area contributed by atoms with Gasteiger partial charge in [-0.3, -0.25) is 4.79 Å². The second-order valence-electron chi connectivity index (χ2n) is 6.08. The Balaban J connectivity index is 2.21. The van der Waals surface area contributed by atoms with Gasteiger partial charge < -0.3 is 15.2 Å². The molecule has 4 nitrogen and oxygen atoms in total. The number of hydrogen-bond donors (Lipinski definition) is 1. The number of aliphatic carboxylic acids is 1. The number of hydrogen-bond acceptors (Lipinski definition) is 3. The van der Waals surface area contributed by atoms with Crippen LogP contribution in [0, 0.1) is 0 Å². The fraction of sp³-hybridized carbons (Fsp3) is 0.500. The van der Waals surface area contributed by atoms with Crippen LogP contribution in [0.4, 0.5) is 0 Å². The van der Waals surface area contributed by atoms with Gasteiger partial charge in [0.25, 0.3) is 0 Å². The van der Waals surface area contributed by atoms with E-state index in [9.17, 15) is 14.7 Å². The van der Waals surface area contributed by atoms with Crippen molar-refractivity contribution in [2.45, 2.75) is 63.8 Å². The number of benzene rings is 1. The van der Waals surface area contributed by atoms with Crippen molar-refractivity contribution in [1.29, 1.82) is 0 Å². The second-order valence-corrected chi connectivity index (χ2v) is 6.08. The molecule has 1 aromatic carbocycles.